The molecule has 4 nitrogen and oxygen atoms in total. The van der Waals surface area contributed by atoms with E-state index < -0.39 is 5.97 Å². The quantitative estimate of drug-likeness (QED) is 0.786. The molecule has 6 heteroatoms. The van der Waals surface area contributed by atoms with Gasteiger partial charge in [-0.25, -0.2) is 9.78 Å². The summed E-state index contributed by atoms with van der Waals surface area (Å²) in [7, 11) is 1.35. The van der Waals surface area contributed by atoms with Crippen LogP contribution in [0.25, 0.3) is 0 Å². The highest BCUT2D eigenvalue weighted by atomic mass is 35.5. The molecule has 110 valence electrons. The largest absolute Gasteiger partial charge is 0.465 e. The number of hydrogen-bond donors (Lipinski definition) is 0. The number of methoxy groups -OCH3 is 1. The first-order valence-electron chi connectivity index (χ1n) is 6.74. The van der Waals surface area contributed by atoms with Crippen molar-refractivity contribution in [2.75, 3.05) is 12.0 Å². The van der Waals surface area contributed by atoms with Gasteiger partial charge in [0.1, 0.15) is 0 Å². The number of ether oxygens (including phenoxy) is 1. The fourth-order valence-corrected chi connectivity index (χ4v) is 3.42. The van der Waals surface area contributed by atoms with Gasteiger partial charge in [0.2, 0.25) is 0 Å². The van der Waals surface area contributed by atoms with Gasteiger partial charge in [-0.1, -0.05) is 53.3 Å². The minimum Gasteiger partial charge on any atom is -0.465 e. The molecule has 1 aromatic heterocycles. The van der Waals surface area contributed by atoms with Gasteiger partial charge in [-0.05, 0) is 18.4 Å². The third-order valence-electron chi connectivity index (χ3n) is 3.37. The molecule has 1 aromatic carbocycles. The van der Waals surface area contributed by atoms with E-state index in [0.717, 1.165) is 24.5 Å². The zero-order valence-corrected chi connectivity index (χ0v) is 13.2. The van der Waals surface area contributed by atoms with Crippen LogP contribution >= 0.6 is 22.9 Å². The van der Waals surface area contributed by atoms with Gasteiger partial charge in [-0.15, -0.1) is 0 Å². The Hall–Kier alpha value is -1.59. The Bertz CT molecular complexity index is 640. The first-order valence-corrected chi connectivity index (χ1v) is 7.93. The summed E-state index contributed by atoms with van der Waals surface area (Å²) in [6.07, 6.45) is 2.30. The van der Waals surface area contributed by atoms with E-state index in [0.29, 0.717) is 10.9 Å². The van der Waals surface area contributed by atoms with E-state index in [2.05, 4.69) is 22.0 Å². The standard InChI is InChI=1S/C15H15ClN2O2S/c1-20-14(19)12-13(16)17-15(21-12)18(11-7-8-11)9-10-5-3-2-4-6-10/h2-6,11H,7-9H2,1H3. The van der Waals surface area contributed by atoms with Gasteiger partial charge < -0.3 is 9.64 Å². The number of thiazole rings is 1. The number of esters is 1. The number of aromatic nitrogens is 1. The number of benzene rings is 1. The first-order chi connectivity index (χ1) is 10.2. The highest BCUT2D eigenvalue weighted by Gasteiger charge is 2.32. The zero-order chi connectivity index (χ0) is 14.8. The van der Waals surface area contributed by atoms with Crippen LogP contribution < -0.4 is 4.90 Å². The maximum atomic E-state index is 11.7. The van der Waals surface area contributed by atoms with Crippen LogP contribution in [0.1, 0.15) is 28.1 Å². The Labute approximate surface area is 132 Å². The summed E-state index contributed by atoms with van der Waals surface area (Å²) in [5, 5.41) is 1.01. The lowest BCUT2D eigenvalue weighted by Gasteiger charge is -2.21. The summed E-state index contributed by atoms with van der Waals surface area (Å²) in [6, 6.07) is 10.7. The summed E-state index contributed by atoms with van der Waals surface area (Å²) in [6.45, 7) is 0.774. The predicted molar refractivity (Wildman–Crippen MR) is 84.1 cm³/mol. The van der Waals surface area contributed by atoms with Crippen LogP contribution in [-0.2, 0) is 11.3 Å². The van der Waals surface area contributed by atoms with Gasteiger partial charge in [0.25, 0.3) is 0 Å². The molecule has 0 bridgehead atoms. The molecule has 3 rings (SSSR count). The van der Waals surface area contributed by atoms with Crippen LogP contribution in [0.5, 0.6) is 0 Å². The molecule has 1 saturated carbocycles. The van der Waals surface area contributed by atoms with Crippen LogP contribution in [0.3, 0.4) is 0 Å². The fourth-order valence-electron chi connectivity index (χ4n) is 2.15. The van der Waals surface area contributed by atoms with E-state index in [1.54, 1.807) is 0 Å². The Kier molecular flexibility index (Phi) is 4.12. The number of nitrogens with zero attached hydrogens (tertiary/aromatic N) is 2. The number of halogens is 1. The second kappa shape index (κ2) is 6.03. The molecule has 21 heavy (non-hydrogen) atoms. The molecule has 1 aliphatic rings. The molecule has 0 spiro atoms. The summed E-state index contributed by atoms with van der Waals surface area (Å²) < 4.78 is 4.73. The van der Waals surface area contributed by atoms with Crippen molar-refractivity contribution >= 4 is 34.0 Å². The van der Waals surface area contributed by atoms with Gasteiger partial charge in [-0.2, -0.15) is 0 Å². The molecule has 0 amide bonds. The number of carbonyl (C=O) groups excluding carboxylic acids is 1. The molecule has 1 heterocycles. The van der Waals surface area contributed by atoms with Crippen LogP contribution in [0.15, 0.2) is 30.3 Å². The monoisotopic (exact) mass is 322 g/mol. The Morgan fingerprint density at radius 2 is 2.14 bits per heavy atom. The van der Waals surface area contributed by atoms with Crippen molar-refractivity contribution in [3.8, 4) is 0 Å². The van der Waals surface area contributed by atoms with Crippen molar-refractivity contribution in [2.45, 2.75) is 25.4 Å². The summed E-state index contributed by atoms with van der Waals surface area (Å²) in [4.78, 5) is 18.6. The van der Waals surface area contributed by atoms with Crippen molar-refractivity contribution in [1.82, 2.24) is 4.98 Å². The SMILES string of the molecule is COC(=O)c1sc(N(Cc2ccccc2)C2CC2)nc1Cl. The zero-order valence-electron chi connectivity index (χ0n) is 11.6. The number of rotatable bonds is 5. The smallest absolute Gasteiger partial charge is 0.351 e. The summed E-state index contributed by atoms with van der Waals surface area (Å²) in [5.41, 5.74) is 1.22. The maximum absolute atomic E-state index is 11.7. The van der Waals surface area contributed by atoms with Gasteiger partial charge in [0.05, 0.1) is 7.11 Å². The number of anilines is 1. The van der Waals surface area contributed by atoms with E-state index >= 15 is 0 Å². The number of carbonyl (C=O) groups is 1. The lowest BCUT2D eigenvalue weighted by molar-refractivity contribution is 0.0606. The maximum Gasteiger partial charge on any atom is 0.351 e. The molecule has 1 fully saturated rings. The van der Waals surface area contributed by atoms with E-state index in [4.69, 9.17) is 16.3 Å². The molecule has 0 unspecified atom stereocenters. The van der Waals surface area contributed by atoms with E-state index in [1.807, 2.05) is 18.2 Å². The molecule has 0 atom stereocenters. The molecule has 0 saturated heterocycles. The van der Waals surface area contributed by atoms with Crippen molar-refractivity contribution in [3.63, 3.8) is 0 Å². The van der Waals surface area contributed by atoms with Crippen molar-refractivity contribution < 1.29 is 9.53 Å². The van der Waals surface area contributed by atoms with Crippen LogP contribution in [0, 0.1) is 0 Å². The highest BCUT2D eigenvalue weighted by molar-refractivity contribution is 7.18. The molecule has 0 radical (unpaired) electrons. The minimum atomic E-state index is -0.431. The van der Waals surface area contributed by atoms with Gasteiger partial charge in [0.15, 0.2) is 15.2 Å². The molecular formula is C15H15ClN2O2S. The lowest BCUT2D eigenvalue weighted by atomic mass is 10.2. The highest BCUT2D eigenvalue weighted by Crippen LogP contribution is 2.38. The number of hydrogen-bond acceptors (Lipinski definition) is 5. The first kappa shape index (κ1) is 14.4. The lowest BCUT2D eigenvalue weighted by Crippen LogP contribution is -2.24. The third kappa shape index (κ3) is 3.19. The fraction of sp³-hybridized carbons (Fsp3) is 0.333. The van der Waals surface area contributed by atoms with Crippen LogP contribution in [-0.4, -0.2) is 24.1 Å². The molecule has 0 N–H and O–H groups in total. The molecule has 1 aliphatic carbocycles. The molecule has 2 aromatic rings. The Balaban J connectivity index is 1.86. The normalized spacial score (nSPS) is 14.0. The topological polar surface area (TPSA) is 42.4 Å². The predicted octanol–water partition coefficient (Wildman–Crippen LogP) is 3.75. The molecular weight excluding hydrogens is 308 g/mol. The molecule has 0 aliphatic heterocycles. The minimum absolute atomic E-state index is 0.223. The Morgan fingerprint density at radius 3 is 2.76 bits per heavy atom. The average molecular weight is 323 g/mol. The van der Waals surface area contributed by atoms with Crippen molar-refractivity contribution in [2.24, 2.45) is 0 Å². The van der Waals surface area contributed by atoms with E-state index in [9.17, 15) is 4.79 Å². The van der Waals surface area contributed by atoms with Crippen LogP contribution in [0.4, 0.5) is 5.13 Å². The van der Waals surface area contributed by atoms with Gasteiger partial charge >= 0.3 is 5.97 Å². The van der Waals surface area contributed by atoms with E-state index in [1.165, 1.54) is 24.0 Å². The second-order valence-electron chi connectivity index (χ2n) is 4.95. The summed E-state index contributed by atoms with van der Waals surface area (Å²) in [5.74, 6) is -0.431. The average Bonchev–Trinajstić information content (AvgIpc) is 3.27. The van der Waals surface area contributed by atoms with Crippen molar-refractivity contribution in [1.29, 1.82) is 0 Å². The van der Waals surface area contributed by atoms with E-state index in [-0.39, 0.29) is 5.15 Å². The Morgan fingerprint density at radius 1 is 1.43 bits per heavy atom. The van der Waals surface area contributed by atoms with Gasteiger partial charge in [0, 0.05) is 12.6 Å². The second-order valence-corrected chi connectivity index (χ2v) is 6.29. The third-order valence-corrected chi connectivity index (χ3v) is 4.83. The van der Waals surface area contributed by atoms with Gasteiger partial charge in [-0.3, -0.25) is 0 Å². The van der Waals surface area contributed by atoms with Crippen molar-refractivity contribution in [3.05, 3.63) is 45.9 Å². The van der Waals surface area contributed by atoms with Crippen LogP contribution in [0.2, 0.25) is 5.15 Å². The summed E-state index contributed by atoms with van der Waals surface area (Å²) >= 11 is 7.36.